The van der Waals surface area contributed by atoms with Crippen molar-refractivity contribution in [1.82, 2.24) is 4.90 Å². The molecule has 20 heavy (non-hydrogen) atoms. The molecule has 1 amide bonds. The standard InChI is InChI=1S/C16H18BrNOS/c17-11-8-12-5-6-13(9-11)18(12)16(19)15-7-10-3-1-2-4-14(10)20-15/h1-4,11-13,15H,5-9H2. The molecule has 0 spiro atoms. The molecule has 3 atom stereocenters. The van der Waals surface area contributed by atoms with Crippen molar-refractivity contribution >= 4 is 33.6 Å². The van der Waals surface area contributed by atoms with E-state index in [-0.39, 0.29) is 5.25 Å². The van der Waals surface area contributed by atoms with Crippen LogP contribution in [0.4, 0.5) is 0 Å². The lowest BCUT2D eigenvalue weighted by atomic mass is 10.0. The zero-order valence-corrected chi connectivity index (χ0v) is 13.7. The number of hydrogen-bond acceptors (Lipinski definition) is 2. The van der Waals surface area contributed by atoms with Crippen molar-refractivity contribution in [3.05, 3.63) is 29.8 Å². The van der Waals surface area contributed by atoms with E-state index >= 15 is 0 Å². The third-order valence-corrected chi connectivity index (χ3v) is 6.91. The molecule has 2 nitrogen and oxygen atoms in total. The number of fused-ring (bicyclic) bond motifs is 3. The van der Waals surface area contributed by atoms with Gasteiger partial charge in [0, 0.05) is 21.8 Å². The smallest absolute Gasteiger partial charge is 0.236 e. The zero-order valence-electron chi connectivity index (χ0n) is 11.3. The Kier molecular flexibility index (Phi) is 3.34. The van der Waals surface area contributed by atoms with E-state index in [9.17, 15) is 4.79 Å². The molecule has 0 aromatic heterocycles. The molecule has 1 aromatic rings. The molecule has 3 aliphatic rings. The molecule has 0 saturated carbocycles. The van der Waals surface area contributed by atoms with Crippen LogP contribution in [0, 0.1) is 0 Å². The molecule has 3 aliphatic heterocycles. The molecule has 3 unspecified atom stereocenters. The second-order valence-corrected chi connectivity index (χ2v) is 8.66. The van der Waals surface area contributed by atoms with E-state index in [0.29, 0.717) is 22.8 Å². The number of benzene rings is 1. The minimum atomic E-state index is 0.113. The normalized spacial score (nSPS) is 35.1. The van der Waals surface area contributed by atoms with Gasteiger partial charge in [-0.3, -0.25) is 4.79 Å². The molecular weight excluding hydrogens is 334 g/mol. The molecule has 0 aliphatic carbocycles. The number of nitrogens with zero attached hydrogens (tertiary/aromatic N) is 1. The van der Waals surface area contributed by atoms with Crippen molar-refractivity contribution in [2.24, 2.45) is 0 Å². The number of rotatable bonds is 1. The Balaban J connectivity index is 1.52. The van der Waals surface area contributed by atoms with Gasteiger partial charge in [0.15, 0.2) is 0 Å². The summed E-state index contributed by atoms with van der Waals surface area (Å²) in [5.74, 6) is 0.387. The first-order chi connectivity index (χ1) is 9.72. The van der Waals surface area contributed by atoms with Crippen LogP contribution in [0.15, 0.2) is 29.2 Å². The second kappa shape index (κ2) is 5.06. The molecule has 2 bridgehead atoms. The molecule has 0 N–H and O–H groups in total. The Morgan fingerprint density at radius 3 is 2.60 bits per heavy atom. The van der Waals surface area contributed by atoms with E-state index in [0.717, 1.165) is 19.3 Å². The first-order valence-electron chi connectivity index (χ1n) is 7.43. The second-order valence-electron chi connectivity index (χ2n) is 6.12. The number of piperidine rings is 1. The maximum atomic E-state index is 12.9. The molecule has 3 heterocycles. The van der Waals surface area contributed by atoms with Gasteiger partial charge in [0.05, 0.1) is 5.25 Å². The Morgan fingerprint density at radius 1 is 1.20 bits per heavy atom. The Labute approximate surface area is 132 Å². The fourth-order valence-electron chi connectivity index (χ4n) is 3.96. The van der Waals surface area contributed by atoms with Crippen molar-refractivity contribution in [1.29, 1.82) is 0 Å². The highest BCUT2D eigenvalue weighted by Gasteiger charge is 2.45. The van der Waals surface area contributed by atoms with Crippen LogP contribution in [0.2, 0.25) is 0 Å². The van der Waals surface area contributed by atoms with Crippen LogP contribution >= 0.6 is 27.7 Å². The molecule has 4 rings (SSSR count). The summed E-state index contributed by atoms with van der Waals surface area (Å²) in [7, 11) is 0. The van der Waals surface area contributed by atoms with E-state index in [1.54, 1.807) is 11.8 Å². The minimum absolute atomic E-state index is 0.113. The monoisotopic (exact) mass is 351 g/mol. The summed E-state index contributed by atoms with van der Waals surface area (Å²) in [6.07, 6.45) is 5.57. The average Bonchev–Trinajstić information content (AvgIpc) is 2.98. The number of halogens is 1. The van der Waals surface area contributed by atoms with Gasteiger partial charge in [-0.25, -0.2) is 0 Å². The van der Waals surface area contributed by atoms with Gasteiger partial charge in [-0.2, -0.15) is 0 Å². The number of thioether (sulfide) groups is 1. The van der Waals surface area contributed by atoms with Gasteiger partial charge in [0.2, 0.25) is 5.91 Å². The largest absolute Gasteiger partial charge is 0.336 e. The molecular formula is C16H18BrNOS. The average molecular weight is 352 g/mol. The zero-order chi connectivity index (χ0) is 13.7. The maximum absolute atomic E-state index is 12.9. The summed E-state index contributed by atoms with van der Waals surface area (Å²) < 4.78 is 0. The third-order valence-electron chi connectivity index (χ3n) is 4.85. The summed E-state index contributed by atoms with van der Waals surface area (Å²) >= 11 is 5.52. The molecule has 0 radical (unpaired) electrons. The maximum Gasteiger partial charge on any atom is 0.236 e. The number of hydrogen-bond donors (Lipinski definition) is 0. The van der Waals surface area contributed by atoms with Crippen LogP contribution in [-0.4, -0.2) is 33.0 Å². The van der Waals surface area contributed by atoms with Crippen LogP contribution < -0.4 is 0 Å². The van der Waals surface area contributed by atoms with Crippen LogP contribution in [0.1, 0.15) is 31.2 Å². The summed E-state index contributed by atoms with van der Waals surface area (Å²) in [4.78, 5) is 17.1. The number of amides is 1. The lowest BCUT2D eigenvalue weighted by molar-refractivity contribution is -0.134. The van der Waals surface area contributed by atoms with Gasteiger partial charge >= 0.3 is 0 Å². The van der Waals surface area contributed by atoms with E-state index in [4.69, 9.17) is 0 Å². The summed E-state index contributed by atoms with van der Waals surface area (Å²) in [6, 6.07) is 9.41. The molecule has 106 valence electrons. The Morgan fingerprint density at radius 2 is 1.90 bits per heavy atom. The summed E-state index contributed by atoms with van der Waals surface area (Å²) in [6.45, 7) is 0. The van der Waals surface area contributed by atoms with Crippen molar-refractivity contribution < 1.29 is 4.79 Å². The predicted molar refractivity (Wildman–Crippen MR) is 85.4 cm³/mol. The minimum Gasteiger partial charge on any atom is -0.336 e. The fourth-order valence-corrected chi connectivity index (χ4v) is 6.07. The number of carbonyl (C=O) groups excluding carboxylic acids is 1. The van der Waals surface area contributed by atoms with Gasteiger partial charge in [0.25, 0.3) is 0 Å². The van der Waals surface area contributed by atoms with Gasteiger partial charge < -0.3 is 4.90 Å². The van der Waals surface area contributed by atoms with E-state index < -0.39 is 0 Å². The topological polar surface area (TPSA) is 20.3 Å². The van der Waals surface area contributed by atoms with Gasteiger partial charge in [0.1, 0.15) is 0 Å². The van der Waals surface area contributed by atoms with Crippen LogP contribution in [0.5, 0.6) is 0 Å². The quantitative estimate of drug-likeness (QED) is 0.720. The highest BCUT2D eigenvalue weighted by Crippen LogP contribution is 2.43. The lowest BCUT2D eigenvalue weighted by Crippen LogP contribution is -2.50. The van der Waals surface area contributed by atoms with E-state index in [2.05, 4.69) is 45.1 Å². The van der Waals surface area contributed by atoms with Gasteiger partial charge in [-0.15, -0.1) is 11.8 Å². The van der Waals surface area contributed by atoms with Gasteiger partial charge in [-0.05, 0) is 43.7 Å². The Bertz CT molecular complexity index is 510. The van der Waals surface area contributed by atoms with Crippen molar-refractivity contribution in [2.45, 2.75) is 59.2 Å². The highest BCUT2D eigenvalue weighted by molar-refractivity contribution is 9.09. The fraction of sp³-hybridized carbons (Fsp3) is 0.562. The molecule has 1 aromatic carbocycles. The first-order valence-corrected chi connectivity index (χ1v) is 9.22. The molecule has 2 saturated heterocycles. The Hall–Kier alpha value is -0.480. The van der Waals surface area contributed by atoms with Crippen molar-refractivity contribution in [3.63, 3.8) is 0 Å². The highest BCUT2D eigenvalue weighted by atomic mass is 79.9. The van der Waals surface area contributed by atoms with Crippen molar-refractivity contribution in [2.75, 3.05) is 0 Å². The van der Waals surface area contributed by atoms with Crippen LogP contribution in [0.3, 0.4) is 0 Å². The van der Waals surface area contributed by atoms with E-state index in [1.807, 2.05) is 0 Å². The predicted octanol–water partition coefficient (Wildman–Crippen LogP) is 3.62. The number of alkyl halides is 1. The van der Waals surface area contributed by atoms with Crippen LogP contribution in [0.25, 0.3) is 0 Å². The summed E-state index contributed by atoms with van der Waals surface area (Å²) in [5, 5.41) is 0.113. The van der Waals surface area contributed by atoms with E-state index in [1.165, 1.54) is 23.3 Å². The lowest BCUT2D eigenvalue weighted by Gasteiger charge is -2.38. The third kappa shape index (κ3) is 2.12. The van der Waals surface area contributed by atoms with Crippen molar-refractivity contribution in [3.8, 4) is 0 Å². The molecule has 4 heteroatoms. The summed E-state index contributed by atoms with van der Waals surface area (Å²) in [5.41, 5.74) is 1.35. The molecule has 2 fully saturated rings. The SMILES string of the molecule is O=C(C1Cc2ccccc2S1)N1C2CCC1CC(Br)C2. The first kappa shape index (κ1) is 13.2. The number of carbonyl (C=O) groups is 1. The van der Waals surface area contributed by atoms with Gasteiger partial charge in [-0.1, -0.05) is 34.1 Å². The van der Waals surface area contributed by atoms with Crippen LogP contribution in [-0.2, 0) is 11.2 Å².